The fraction of sp³-hybridized carbons (Fsp3) is 0.400. The van der Waals surface area contributed by atoms with Gasteiger partial charge in [0.2, 0.25) is 11.9 Å². The van der Waals surface area contributed by atoms with E-state index in [9.17, 15) is 8.78 Å². The summed E-state index contributed by atoms with van der Waals surface area (Å²) in [6, 6.07) is 4.61. The lowest BCUT2D eigenvalue weighted by atomic mass is 10.1. The van der Waals surface area contributed by atoms with Gasteiger partial charge in [-0.1, -0.05) is 6.07 Å². The molecule has 2 aromatic rings. The van der Waals surface area contributed by atoms with E-state index in [1.165, 1.54) is 26.0 Å². The highest BCUT2D eigenvalue weighted by Gasteiger charge is 2.27. The Kier molecular flexibility index (Phi) is 3.42. The Balaban J connectivity index is 1.89. The molecule has 0 fully saturated rings. The third-order valence-corrected chi connectivity index (χ3v) is 3.67. The molecule has 1 atom stereocenters. The highest BCUT2D eigenvalue weighted by Crippen LogP contribution is 2.34. The number of halogens is 2. The molecule has 1 aliphatic rings. The van der Waals surface area contributed by atoms with Crippen molar-refractivity contribution in [3.8, 4) is 0 Å². The number of fused-ring (bicyclic) bond motifs is 1. The normalized spacial score (nSPS) is 17.4. The van der Waals surface area contributed by atoms with Crippen LogP contribution in [0.2, 0.25) is 0 Å². The summed E-state index contributed by atoms with van der Waals surface area (Å²) in [5, 5.41) is 3.10. The van der Waals surface area contributed by atoms with Crippen molar-refractivity contribution in [1.29, 1.82) is 0 Å². The monoisotopic (exact) mass is 305 g/mol. The molecule has 1 aliphatic carbocycles. The summed E-state index contributed by atoms with van der Waals surface area (Å²) in [4.78, 5) is 11.9. The first kappa shape index (κ1) is 14.6. The zero-order valence-electron chi connectivity index (χ0n) is 12.4. The quantitative estimate of drug-likeness (QED) is 0.912. The molecule has 0 saturated carbocycles. The minimum atomic E-state index is -1.72. The summed E-state index contributed by atoms with van der Waals surface area (Å²) in [6.45, 7) is 2.71. The number of benzene rings is 1. The number of hydrogen-bond donors (Lipinski definition) is 2. The summed E-state index contributed by atoms with van der Waals surface area (Å²) in [5.41, 5.74) is 5.87. The Hall–Kier alpha value is -2.31. The second kappa shape index (κ2) is 5.15. The molecule has 116 valence electrons. The van der Waals surface area contributed by atoms with E-state index in [1.54, 1.807) is 6.07 Å². The van der Waals surface area contributed by atoms with Crippen molar-refractivity contribution in [2.24, 2.45) is 0 Å². The lowest BCUT2D eigenvalue weighted by Crippen LogP contribution is -2.19. The Morgan fingerprint density at radius 1 is 1.27 bits per heavy atom. The summed E-state index contributed by atoms with van der Waals surface area (Å²) < 4.78 is 27.4. The first-order valence-corrected chi connectivity index (χ1v) is 7.09. The topological polar surface area (TPSA) is 76.7 Å². The number of rotatable bonds is 3. The van der Waals surface area contributed by atoms with Crippen LogP contribution in [0, 0.1) is 5.82 Å². The van der Waals surface area contributed by atoms with Crippen molar-refractivity contribution in [2.45, 2.75) is 38.4 Å². The van der Waals surface area contributed by atoms with E-state index in [2.05, 4.69) is 20.3 Å². The van der Waals surface area contributed by atoms with Crippen molar-refractivity contribution >= 4 is 11.9 Å². The number of nitrogens with zero attached hydrogens (tertiary/aromatic N) is 3. The van der Waals surface area contributed by atoms with Crippen molar-refractivity contribution in [1.82, 2.24) is 15.0 Å². The Morgan fingerprint density at radius 3 is 2.77 bits per heavy atom. The van der Waals surface area contributed by atoms with Crippen LogP contribution in [0.1, 0.15) is 43.3 Å². The number of nitrogens with two attached hydrogens (primary N) is 1. The number of nitrogens with one attached hydrogen (secondary N) is 1. The molecular weight excluding hydrogens is 288 g/mol. The van der Waals surface area contributed by atoms with Gasteiger partial charge in [-0.2, -0.15) is 15.0 Å². The summed E-state index contributed by atoms with van der Waals surface area (Å²) in [6.07, 6.45) is 1.63. The van der Waals surface area contributed by atoms with E-state index >= 15 is 0 Å². The van der Waals surface area contributed by atoms with Gasteiger partial charge in [0, 0.05) is 0 Å². The van der Waals surface area contributed by atoms with Gasteiger partial charge in [0.05, 0.1) is 6.04 Å². The molecule has 1 heterocycles. The second-order valence-electron chi connectivity index (χ2n) is 5.89. The van der Waals surface area contributed by atoms with Gasteiger partial charge in [-0.05, 0) is 49.9 Å². The zero-order valence-corrected chi connectivity index (χ0v) is 12.4. The molecule has 22 heavy (non-hydrogen) atoms. The molecule has 7 heteroatoms. The molecule has 0 amide bonds. The summed E-state index contributed by atoms with van der Waals surface area (Å²) in [5.74, 6) is -0.154. The average Bonchev–Trinajstić information content (AvgIpc) is 2.80. The van der Waals surface area contributed by atoms with E-state index in [0.29, 0.717) is 0 Å². The first-order valence-electron chi connectivity index (χ1n) is 7.09. The zero-order chi connectivity index (χ0) is 15.9. The molecule has 0 aliphatic heterocycles. The predicted octanol–water partition coefficient (Wildman–Crippen LogP) is 2.90. The van der Waals surface area contributed by atoms with Crippen LogP contribution >= 0.6 is 0 Å². The lowest BCUT2D eigenvalue weighted by Gasteiger charge is -2.17. The number of alkyl halides is 1. The van der Waals surface area contributed by atoms with Crippen LogP contribution in [0.3, 0.4) is 0 Å². The van der Waals surface area contributed by atoms with Crippen molar-refractivity contribution < 1.29 is 8.78 Å². The number of aryl methyl sites for hydroxylation is 1. The van der Waals surface area contributed by atoms with Crippen molar-refractivity contribution in [2.75, 3.05) is 11.1 Å². The van der Waals surface area contributed by atoms with Crippen molar-refractivity contribution in [3.63, 3.8) is 0 Å². The number of aromatic nitrogens is 3. The maximum absolute atomic E-state index is 14.0. The molecule has 0 unspecified atom stereocenters. The summed E-state index contributed by atoms with van der Waals surface area (Å²) >= 11 is 0. The number of nitrogen functional groups attached to an aromatic ring is 1. The van der Waals surface area contributed by atoms with Gasteiger partial charge < -0.3 is 11.1 Å². The lowest BCUT2D eigenvalue weighted by molar-refractivity contribution is 0.206. The van der Waals surface area contributed by atoms with Gasteiger partial charge in [-0.3, -0.25) is 0 Å². The largest absolute Gasteiger partial charge is 0.368 e. The van der Waals surface area contributed by atoms with Gasteiger partial charge >= 0.3 is 0 Å². The maximum atomic E-state index is 14.0. The molecule has 5 nitrogen and oxygen atoms in total. The average molecular weight is 305 g/mol. The number of anilines is 2. The van der Waals surface area contributed by atoms with Crippen LogP contribution in [-0.2, 0) is 12.1 Å². The Labute approximate surface area is 127 Å². The molecule has 3 N–H and O–H groups in total. The molecule has 0 saturated heterocycles. The Morgan fingerprint density at radius 2 is 2.05 bits per heavy atom. The fourth-order valence-electron chi connectivity index (χ4n) is 2.60. The minimum Gasteiger partial charge on any atom is -0.368 e. The van der Waals surface area contributed by atoms with Gasteiger partial charge in [0.1, 0.15) is 5.82 Å². The van der Waals surface area contributed by atoms with Crippen LogP contribution < -0.4 is 11.1 Å². The molecule has 0 spiro atoms. The van der Waals surface area contributed by atoms with E-state index < -0.39 is 5.67 Å². The fourth-order valence-corrected chi connectivity index (χ4v) is 2.60. The van der Waals surface area contributed by atoms with Crippen LogP contribution in [0.15, 0.2) is 18.2 Å². The van der Waals surface area contributed by atoms with Crippen LogP contribution in [0.4, 0.5) is 20.7 Å². The highest BCUT2D eigenvalue weighted by atomic mass is 19.1. The predicted molar refractivity (Wildman–Crippen MR) is 79.5 cm³/mol. The molecule has 1 aromatic heterocycles. The van der Waals surface area contributed by atoms with Gasteiger partial charge in [0.15, 0.2) is 11.5 Å². The summed E-state index contributed by atoms with van der Waals surface area (Å²) in [7, 11) is 0. The molecule has 0 radical (unpaired) electrons. The SMILES string of the molecule is CC(C)(F)c1nc(N)nc(N[C@@H]2CCc3ccc(F)cc32)n1. The van der Waals surface area contributed by atoms with E-state index in [0.717, 1.165) is 24.0 Å². The van der Waals surface area contributed by atoms with Crippen LogP contribution in [0.5, 0.6) is 0 Å². The van der Waals surface area contributed by atoms with Crippen molar-refractivity contribution in [3.05, 3.63) is 41.0 Å². The minimum absolute atomic E-state index is 0.0278. The van der Waals surface area contributed by atoms with E-state index in [1.807, 2.05) is 0 Å². The molecular formula is C15H17F2N5. The molecule has 0 bridgehead atoms. The van der Waals surface area contributed by atoms with Crippen LogP contribution in [0.25, 0.3) is 0 Å². The Bertz CT molecular complexity index is 712. The van der Waals surface area contributed by atoms with E-state index in [-0.39, 0.29) is 29.6 Å². The molecule has 3 rings (SSSR count). The van der Waals surface area contributed by atoms with Gasteiger partial charge in [-0.25, -0.2) is 8.78 Å². The third-order valence-electron chi connectivity index (χ3n) is 3.67. The standard InChI is InChI=1S/C15H17F2N5/c1-15(2,17)12-20-13(18)22-14(21-12)19-11-6-4-8-3-5-9(16)7-10(8)11/h3,5,7,11H,4,6H2,1-2H3,(H3,18,19,20,21,22)/t11-/m1/s1. The smallest absolute Gasteiger partial charge is 0.228 e. The highest BCUT2D eigenvalue weighted by molar-refractivity contribution is 5.42. The third kappa shape index (κ3) is 2.84. The second-order valence-corrected chi connectivity index (χ2v) is 5.89. The van der Waals surface area contributed by atoms with Gasteiger partial charge in [-0.15, -0.1) is 0 Å². The first-order chi connectivity index (χ1) is 10.3. The van der Waals surface area contributed by atoms with E-state index in [4.69, 9.17) is 5.73 Å². The van der Waals surface area contributed by atoms with Crippen LogP contribution in [-0.4, -0.2) is 15.0 Å². The van der Waals surface area contributed by atoms with Gasteiger partial charge in [0.25, 0.3) is 0 Å². The molecule has 1 aromatic carbocycles. The maximum Gasteiger partial charge on any atom is 0.228 e. The number of hydrogen-bond acceptors (Lipinski definition) is 5.